The first-order valence-corrected chi connectivity index (χ1v) is 9.83. The number of hydrogen-bond donors (Lipinski definition) is 4. The first-order valence-electron chi connectivity index (χ1n) is 9.83. The molecular formula is C24H25NO6. The molecule has 2 atom stereocenters. The van der Waals surface area contributed by atoms with Gasteiger partial charge in [0.1, 0.15) is 25.4 Å². The zero-order valence-electron chi connectivity index (χ0n) is 16.8. The van der Waals surface area contributed by atoms with Gasteiger partial charge in [-0.15, -0.1) is 0 Å². The normalized spacial score (nSPS) is 12.6. The standard InChI is InChI=1S/C24H25NO6/c26-20-12-11-19(13-22(20)30-15-17-7-3-1-4-8-17)23(28)21(27)14-25-24(29)31-16-18-9-5-2-6-10-18/h1-13,21,23,26-28H,14-16H2,(H,25,29). The fraction of sp³-hybridized carbons (Fsp3) is 0.208. The third-order valence-electron chi connectivity index (χ3n) is 4.60. The van der Waals surface area contributed by atoms with Crippen LogP contribution in [0, 0.1) is 0 Å². The quantitative estimate of drug-likeness (QED) is 0.421. The maximum absolute atomic E-state index is 11.8. The zero-order valence-corrected chi connectivity index (χ0v) is 16.8. The molecule has 0 fully saturated rings. The minimum atomic E-state index is -1.30. The van der Waals surface area contributed by atoms with Crippen LogP contribution in [-0.2, 0) is 18.0 Å². The summed E-state index contributed by atoms with van der Waals surface area (Å²) in [5.74, 6) is 0.104. The van der Waals surface area contributed by atoms with Gasteiger partial charge in [0, 0.05) is 6.54 Å². The number of phenolic OH excluding ortho intramolecular Hbond substituents is 1. The molecular weight excluding hydrogens is 398 g/mol. The molecule has 0 heterocycles. The Morgan fingerprint density at radius 2 is 1.48 bits per heavy atom. The maximum atomic E-state index is 11.8. The summed E-state index contributed by atoms with van der Waals surface area (Å²) in [4.78, 5) is 11.8. The number of aliphatic hydroxyl groups is 2. The van der Waals surface area contributed by atoms with Gasteiger partial charge in [-0.1, -0.05) is 66.7 Å². The molecule has 4 N–H and O–H groups in total. The summed E-state index contributed by atoms with van der Waals surface area (Å²) in [7, 11) is 0. The van der Waals surface area contributed by atoms with Crippen molar-refractivity contribution in [1.29, 1.82) is 0 Å². The molecule has 0 radical (unpaired) electrons. The molecule has 7 nitrogen and oxygen atoms in total. The fourth-order valence-electron chi connectivity index (χ4n) is 2.86. The Bertz CT molecular complexity index is 964. The molecule has 0 aliphatic heterocycles. The molecule has 1 amide bonds. The van der Waals surface area contributed by atoms with E-state index in [2.05, 4.69) is 5.32 Å². The minimum absolute atomic E-state index is 0.0796. The molecule has 3 aromatic rings. The third kappa shape index (κ3) is 6.74. The molecule has 0 aromatic heterocycles. The number of alkyl carbamates (subject to hydrolysis) is 1. The Morgan fingerprint density at radius 1 is 0.871 bits per heavy atom. The van der Waals surface area contributed by atoms with Gasteiger partial charge in [-0.2, -0.15) is 0 Å². The minimum Gasteiger partial charge on any atom is -0.504 e. The van der Waals surface area contributed by atoms with Crippen molar-refractivity contribution in [1.82, 2.24) is 5.32 Å². The number of aromatic hydroxyl groups is 1. The first-order chi connectivity index (χ1) is 15.0. The lowest BCUT2D eigenvalue weighted by Gasteiger charge is -2.19. The number of carbonyl (C=O) groups excluding carboxylic acids is 1. The number of rotatable bonds is 9. The number of amides is 1. The lowest BCUT2D eigenvalue weighted by molar-refractivity contribution is 0.0182. The topological polar surface area (TPSA) is 108 Å². The van der Waals surface area contributed by atoms with E-state index in [0.29, 0.717) is 5.56 Å². The van der Waals surface area contributed by atoms with Crippen molar-refractivity contribution >= 4 is 6.09 Å². The number of ether oxygens (including phenoxy) is 2. The number of hydrogen-bond acceptors (Lipinski definition) is 6. The average Bonchev–Trinajstić information content (AvgIpc) is 2.81. The Morgan fingerprint density at radius 3 is 2.13 bits per heavy atom. The van der Waals surface area contributed by atoms with Gasteiger partial charge in [-0.05, 0) is 28.8 Å². The van der Waals surface area contributed by atoms with Crippen LogP contribution in [0.4, 0.5) is 4.79 Å². The maximum Gasteiger partial charge on any atom is 0.407 e. The van der Waals surface area contributed by atoms with E-state index in [1.165, 1.54) is 18.2 Å². The highest BCUT2D eigenvalue weighted by atomic mass is 16.5. The molecule has 162 valence electrons. The van der Waals surface area contributed by atoms with Crippen LogP contribution in [0.1, 0.15) is 22.8 Å². The lowest BCUT2D eigenvalue weighted by Crippen LogP contribution is -2.35. The highest BCUT2D eigenvalue weighted by Crippen LogP contribution is 2.31. The highest BCUT2D eigenvalue weighted by molar-refractivity contribution is 5.67. The Balaban J connectivity index is 1.51. The number of phenols is 1. The monoisotopic (exact) mass is 423 g/mol. The van der Waals surface area contributed by atoms with Gasteiger partial charge in [-0.25, -0.2) is 4.79 Å². The van der Waals surface area contributed by atoms with Crippen molar-refractivity contribution in [2.45, 2.75) is 25.4 Å². The van der Waals surface area contributed by atoms with Crippen molar-refractivity contribution in [3.05, 3.63) is 95.6 Å². The van der Waals surface area contributed by atoms with Gasteiger partial charge in [0.2, 0.25) is 0 Å². The summed E-state index contributed by atoms with van der Waals surface area (Å²) >= 11 is 0. The summed E-state index contributed by atoms with van der Waals surface area (Å²) in [6, 6.07) is 23.0. The van der Waals surface area contributed by atoms with Crippen LogP contribution in [0.15, 0.2) is 78.9 Å². The van der Waals surface area contributed by atoms with Gasteiger partial charge in [0.15, 0.2) is 11.5 Å². The molecule has 31 heavy (non-hydrogen) atoms. The van der Waals surface area contributed by atoms with E-state index in [1.54, 1.807) is 0 Å². The molecule has 3 aromatic carbocycles. The molecule has 0 bridgehead atoms. The Labute approximate surface area is 180 Å². The molecule has 0 aliphatic carbocycles. The van der Waals surface area contributed by atoms with Gasteiger partial charge in [-0.3, -0.25) is 0 Å². The van der Waals surface area contributed by atoms with E-state index in [1.807, 2.05) is 60.7 Å². The van der Waals surface area contributed by atoms with Crippen LogP contribution in [0.5, 0.6) is 11.5 Å². The lowest BCUT2D eigenvalue weighted by atomic mass is 10.0. The second kappa shape index (κ2) is 11.0. The van der Waals surface area contributed by atoms with Gasteiger partial charge >= 0.3 is 6.09 Å². The van der Waals surface area contributed by atoms with Crippen LogP contribution in [0.25, 0.3) is 0 Å². The van der Waals surface area contributed by atoms with Crippen molar-refractivity contribution in [2.24, 2.45) is 0 Å². The SMILES string of the molecule is O=C(NCC(O)C(O)c1ccc(O)c(OCc2ccccc2)c1)OCc1ccccc1. The fourth-order valence-corrected chi connectivity index (χ4v) is 2.86. The van der Waals surface area contributed by atoms with E-state index in [9.17, 15) is 20.1 Å². The Hall–Kier alpha value is -3.55. The summed E-state index contributed by atoms with van der Waals surface area (Å²) in [6.07, 6.45) is -3.28. The van der Waals surface area contributed by atoms with Crippen LogP contribution in [0.2, 0.25) is 0 Å². The predicted octanol–water partition coefficient (Wildman–Crippen LogP) is 3.29. The van der Waals surface area contributed by atoms with E-state index >= 15 is 0 Å². The first kappa shape index (κ1) is 22.1. The molecule has 0 aliphatic rings. The molecule has 0 saturated heterocycles. The van der Waals surface area contributed by atoms with E-state index < -0.39 is 18.3 Å². The molecule has 0 spiro atoms. The van der Waals surface area contributed by atoms with Gasteiger partial charge < -0.3 is 30.1 Å². The predicted molar refractivity (Wildman–Crippen MR) is 114 cm³/mol. The number of benzene rings is 3. The zero-order chi connectivity index (χ0) is 22.1. The van der Waals surface area contributed by atoms with Crippen molar-refractivity contribution in [3.8, 4) is 11.5 Å². The van der Waals surface area contributed by atoms with Crippen molar-refractivity contribution < 1.29 is 29.6 Å². The molecule has 2 unspecified atom stereocenters. The van der Waals surface area contributed by atoms with Crippen LogP contribution >= 0.6 is 0 Å². The highest BCUT2D eigenvalue weighted by Gasteiger charge is 2.21. The molecule has 0 saturated carbocycles. The van der Waals surface area contributed by atoms with E-state index in [-0.39, 0.29) is 31.3 Å². The smallest absolute Gasteiger partial charge is 0.407 e. The number of carbonyl (C=O) groups is 1. The summed E-state index contributed by atoms with van der Waals surface area (Å²) < 4.78 is 10.7. The summed E-state index contributed by atoms with van der Waals surface area (Å²) in [6.45, 7) is 0.132. The number of aliphatic hydroxyl groups excluding tert-OH is 2. The molecule has 3 rings (SSSR count). The Kier molecular flexibility index (Phi) is 7.86. The van der Waals surface area contributed by atoms with Crippen LogP contribution < -0.4 is 10.1 Å². The van der Waals surface area contributed by atoms with Crippen LogP contribution in [0.3, 0.4) is 0 Å². The van der Waals surface area contributed by atoms with E-state index in [0.717, 1.165) is 11.1 Å². The van der Waals surface area contributed by atoms with E-state index in [4.69, 9.17) is 9.47 Å². The average molecular weight is 423 g/mol. The second-order valence-corrected chi connectivity index (χ2v) is 6.96. The van der Waals surface area contributed by atoms with Gasteiger partial charge in [0.25, 0.3) is 0 Å². The summed E-state index contributed by atoms with van der Waals surface area (Å²) in [5.41, 5.74) is 2.10. The van der Waals surface area contributed by atoms with Crippen molar-refractivity contribution in [2.75, 3.05) is 6.54 Å². The second-order valence-electron chi connectivity index (χ2n) is 6.96. The van der Waals surface area contributed by atoms with Gasteiger partial charge in [0.05, 0.1) is 0 Å². The van der Waals surface area contributed by atoms with Crippen LogP contribution in [-0.4, -0.2) is 34.1 Å². The molecule has 7 heteroatoms. The largest absolute Gasteiger partial charge is 0.504 e. The van der Waals surface area contributed by atoms with Crippen molar-refractivity contribution in [3.63, 3.8) is 0 Å². The summed E-state index contributed by atoms with van der Waals surface area (Å²) in [5, 5.41) is 33.1. The third-order valence-corrected chi connectivity index (χ3v) is 4.60. The number of nitrogens with one attached hydrogen (secondary N) is 1.